The monoisotopic (exact) mass is 514 g/mol. The van der Waals surface area contributed by atoms with Crippen LogP contribution in [0.1, 0.15) is 47.7 Å². The van der Waals surface area contributed by atoms with Gasteiger partial charge in [-0.25, -0.2) is 18.2 Å². The molecule has 36 heavy (non-hydrogen) atoms. The van der Waals surface area contributed by atoms with E-state index in [0.717, 1.165) is 25.3 Å². The van der Waals surface area contributed by atoms with E-state index in [1.165, 1.54) is 15.1 Å². The van der Waals surface area contributed by atoms with Gasteiger partial charge in [0, 0.05) is 37.5 Å². The van der Waals surface area contributed by atoms with Crippen molar-refractivity contribution >= 4 is 32.7 Å². The molecule has 0 aliphatic carbocycles. The van der Waals surface area contributed by atoms with E-state index >= 15 is 0 Å². The molecule has 0 bridgehead atoms. The van der Waals surface area contributed by atoms with Crippen molar-refractivity contribution in [3.05, 3.63) is 61.4 Å². The number of nitro groups is 1. The van der Waals surface area contributed by atoms with Crippen LogP contribution >= 0.6 is 0 Å². The van der Waals surface area contributed by atoms with Crippen molar-refractivity contribution in [2.24, 2.45) is 0 Å². The lowest BCUT2D eigenvalue weighted by Crippen LogP contribution is -2.36. The number of hydrogen-bond donors (Lipinski definition) is 1. The molecule has 0 amide bonds. The molecule has 1 saturated heterocycles. The summed E-state index contributed by atoms with van der Waals surface area (Å²) in [4.78, 5) is 40.2. The normalized spacial score (nSPS) is 14.8. The minimum absolute atomic E-state index is 0.0368. The van der Waals surface area contributed by atoms with Gasteiger partial charge >= 0.3 is 5.97 Å². The third-order valence-electron chi connectivity index (χ3n) is 6.44. The molecule has 0 spiro atoms. The van der Waals surface area contributed by atoms with E-state index in [4.69, 9.17) is 0 Å². The maximum absolute atomic E-state index is 13.4. The lowest BCUT2D eigenvalue weighted by molar-refractivity contribution is -0.384. The Morgan fingerprint density at radius 2 is 1.75 bits per heavy atom. The zero-order chi connectivity index (χ0) is 26.4. The number of aromatic carboxylic acids is 1. The van der Waals surface area contributed by atoms with E-state index in [0.29, 0.717) is 29.8 Å². The second-order valence-electron chi connectivity index (χ2n) is 8.85. The molecular weight excluding hydrogens is 488 g/mol. The summed E-state index contributed by atoms with van der Waals surface area (Å²) in [6.45, 7) is 6.18. The molecular formula is C24H26N4O7S. The van der Waals surface area contributed by atoms with E-state index < -0.39 is 37.6 Å². The third-order valence-corrected chi connectivity index (χ3v) is 8.65. The number of fused-ring (bicyclic) bond motifs is 1. The Hall–Kier alpha value is -3.64. The smallest absolute Gasteiger partial charge is 0.341 e. The number of nitrogens with zero attached hydrogens (tertiary/aromatic N) is 4. The van der Waals surface area contributed by atoms with Gasteiger partial charge in [0.05, 0.1) is 15.2 Å². The number of benzene rings is 1. The third kappa shape index (κ3) is 4.26. The Morgan fingerprint density at radius 1 is 1.14 bits per heavy atom. The highest BCUT2D eigenvalue weighted by Crippen LogP contribution is 2.35. The van der Waals surface area contributed by atoms with E-state index in [1.807, 2.05) is 0 Å². The fraction of sp³-hybridized carbons (Fsp3) is 0.375. The second-order valence-corrected chi connectivity index (χ2v) is 10.7. The second kappa shape index (κ2) is 9.43. The molecule has 0 saturated carbocycles. The molecule has 3 aromatic rings. The van der Waals surface area contributed by atoms with Crippen molar-refractivity contribution in [1.29, 1.82) is 0 Å². The molecule has 12 heteroatoms. The summed E-state index contributed by atoms with van der Waals surface area (Å²) >= 11 is 0. The summed E-state index contributed by atoms with van der Waals surface area (Å²) in [6, 6.07) is 4.14. The summed E-state index contributed by atoms with van der Waals surface area (Å²) in [7, 11) is -3.73. The van der Waals surface area contributed by atoms with Crippen LogP contribution in [0.2, 0.25) is 0 Å². The van der Waals surface area contributed by atoms with Crippen LogP contribution in [-0.4, -0.2) is 51.4 Å². The van der Waals surface area contributed by atoms with Crippen LogP contribution in [0.3, 0.4) is 0 Å². The minimum Gasteiger partial charge on any atom is -0.477 e. The van der Waals surface area contributed by atoms with Crippen LogP contribution in [0.15, 0.2) is 34.1 Å². The van der Waals surface area contributed by atoms with Crippen molar-refractivity contribution in [2.45, 2.75) is 51.5 Å². The minimum atomic E-state index is -3.73. The number of carboxylic acids is 1. The molecule has 1 aliphatic rings. The standard InChI is InChI=1S/C24H26N4O7S/c1-4-26-13-18(24(30)31)21(29)17-12-19(28(32)33)20(25-23(17)26)16-10-14(2)22(15(3)11-16)36(34,35)27-8-6-5-7-9-27/h10-13H,4-9H2,1-3H3,(H,30,31). The van der Waals surface area contributed by atoms with Gasteiger partial charge in [0.25, 0.3) is 5.69 Å². The first-order chi connectivity index (χ1) is 17.0. The first-order valence-corrected chi connectivity index (χ1v) is 13.0. The molecule has 1 N–H and O–H groups in total. The highest BCUT2D eigenvalue weighted by Gasteiger charge is 2.30. The quantitative estimate of drug-likeness (QED) is 0.387. The van der Waals surface area contributed by atoms with E-state index in [1.54, 1.807) is 32.9 Å². The topological polar surface area (TPSA) is 153 Å². The fourth-order valence-corrected chi connectivity index (χ4v) is 6.70. The zero-order valence-electron chi connectivity index (χ0n) is 20.1. The number of aromatic nitrogens is 2. The molecule has 0 unspecified atom stereocenters. The van der Waals surface area contributed by atoms with Crippen LogP contribution in [-0.2, 0) is 16.6 Å². The van der Waals surface area contributed by atoms with E-state index in [9.17, 15) is 33.2 Å². The lowest BCUT2D eigenvalue weighted by atomic mass is 10.0. The van der Waals surface area contributed by atoms with Crippen LogP contribution in [0, 0.1) is 24.0 Å². The average Bonchev–Trinajstić information content (AvgIpc) is 2.83. The lowest BCUT2D eigenvalue weighted by Gasteiger charge is -2.27. The first-order valence-electron chi connectivity index (χ1n) is 11.5. The van der Waals surface area contributed by atoms with Crippen LogP contribution in [0.25, 0.3) is 22.3 Å². The molecule has 3 heterocycles. The molecule has 0 radical (unpaired) electrons. The molecule has 1 fully saturated rings. The van der Waals surface area contributed by atoms with Gasteiger partial charge in [-0.1, -0.05) is 6.42 Å². The molecule has 190 valence electrons. The number of piperidine rings is 1. The number of sulfonamides is 1. The number of aryl methyl sites for hydroxylation is 3. The summed E-state index contributed by atoms with van der Waals surface area (Å²) in [6.07, 6.45) is 3.74. The summed E-state index contributed by atoms with van der Waals surface area (Å²) in [5.74, 6) is -1.44. The van der Waals surface area contributed by atoms with Crippen LogP contribution in [0.4, 0.5) is 5.69 Å². The summed E-state index contributed by atoms with van der Waals surface area (Å²) < 4.78 is 29.6. The van der Waals surface area contributed by atoms with Crippen LogP contribution < -0.4 is 5.43 Å². The summed E-state index contributed by atoms with van der Waals surface area (Å²) in [5.41, 5.74) is -0.587. The predicted molar refractivity (Wildman–Crippen MR) is 133 cm³/mol. The van der Waals surface area contributed by atoms with Crippen molar-refractivity contribution in [2.75, 3.05) is 13.1 Å². The average molecular weight is 515 g/mol. The SMILES string of the molecule is CCn1cc(C(=O)O)c(=O)c2cc([N+](=O)[O-])c(-c3cc(C)c(S(=O)(=O)N4CCCCC4)c(C)c3)nc21. The van der Waals surface area contributed by atoms with Crippen LogP contribution in [0.5, 0.6) is 0 Å². The zero-order valence-corrected chi connectivity index (χ0v) is 21.0. The van der Waals surface area contributed by atoms with Gasteiger partial charge in [-0.2, -0.15) is 4.31 Å². The fourth-order valence-electron chi connectivity index (χ4n) is 4.77. The van der Waals surface area contributed by atoms with Gasteiger partial charge in [-0.15, -0.1) is 0 Å². The maximum atomic E-state index is 13.4. The van der Waals surface area contributed by atoms with Crippen molar-refractivity contribution in [3.8, 4) is 11.3 Å². The van der Waals surface area contributed by atoms with Crippen molar-refractivity contribution in [3.63, 3.8) is 0 Å². The van der Waals surface area contributed by atoms with E-state index in [2.05, 4.69) is 4.98 Å². The Balaban J connectivity index is 1.96. The van der Waals surface area contributed by atoms with Gasteiger partial charge in [0.1, 0.15) is 11.2 Å². The van der Waals surface area contributed by atoms with E-state index in [-0.39, 0.29) is 28.2 Å². The molecule has 4 rings (SSSR count). The molecule has 0 atom stereocenters. The number of rotatable bonds is 6. The molecule has 2 aromatic heterocycles. The number of pyridine rings is 2. The molecule has 1 aliphatic heterocycles. The Bertz CT molecular complexity index is 1550. The number of carboxylic acid groups (broad SMARTS) is 1. The Labute approximate surface area is 207 Å². The highest BCUT2D eigenvalue weighted by atomic mass is 32.2. The highest BCUT2D eigenvalue weighted by molar-refractivity contribution is 7.89. The van der Waals surface area contributed by atoms with Gasteiger partial charge in [-0.05, 0) is 56.9 Å². The number of hydrogen-bond acceptors (Lipinski definition) is 7. The van der Waals surface area contributed by atoms with Gasteiger partial charge in [0.15, 0.2) is 5.69 Å². The maximum Gasteiger partial charge on any atom is 0.341 e. The van der Waals surface area contributed by atoms with Gasteiger partial charge in [0.2, 0.25) is 15.5 Å². The molecule has 1 aromatic carbocycles. The van der Waals surface area contributed by atoms with Gasteiger partial charge < -0.3 is 9.67 Å². The molecule has 11 nitrogen and oxygen atoms in total. The largest absolute Gasteiger partial charge is 0.477 e. The predicted octanol–water partition coefficient (Wildman–Crippen LogP) is 3.48. The number of carbonyl (C=O) groups is 1. The van der Waals surface area contributed by atoms with Gasteiger partial charge in [-0.3, -0.25) is 14.9 Å². The summed E-state index contributed by atoms with van der Waals surface area (Å²) in [5, 5.41) is 21.2. The van der Waals surface area contributed by atoms with Crippen molar-refractivity contribution < 1.29 is 23.2 Å². The first kappa shape index (κ1) is 25.5. The Kier molecular flexibility index (Phi) is 6.67. The van der Waals surface area contributed by atoms with Crippen molar-refractivity contribution in [1.82, 2.24) is 13.9 Å². The Morgan fingerprint density at radius 3 is 2.28 bits per heavy atom.